The second kappa shape index (κ2) is 6.69. The number of nitrogens with zero attached hydrogens (tertiary/aromatic N) is 1. The predicted octanol–water partition coefficient (Wildman–Crippen LogP) is 2.66. The summed E-state index contributed by atoms with van der Waals surface area (Å²) in [6.07, 6.45) is 0.418. The highest BCUT2D eigenvalue weighted by atomic mass is 16.6. The van der Waals surface area contributed by atoms with Crippen molar-refractivity contribution >= 4 is 17.8 Å². The van der Waals surface area contributed by atoms with Gasteiger partial charge in [0.25, 0.3) is 5.69 Å². The van der Waals surface area contributed by atoms with Crippen LogP contribution < -0.4 is 9.47 Å². The van der Waals surface area contributed by atoms with E-state index in [-0.39, 0.29) is 16.7 Å². The molecule has 0 fully saturated rings. The van der Waals surface area contributed by atoms with E-state index in [9.17, 15) is 19.7 Å². The highest BCUT2D eigenvalue weighted by Gasteiger charge is 2.25. The molecule has 0 bridgehead atoms. The molecule has 0 atom stereocenters. The molecule has 118 valence electrons. The Balaban J connectivity index is 2.61. The number of carbonyl (C=O) groups excluding carboxylic acids is 2. The topological polar surface area (TPSA) is 95.7 Å². The lowest BCUT2D eigenvalue weighted by molar-refractivity contribution is -0.385. The van der Waals surface area contributed by atoms with Crippen molar-refractivity contribution in [2.75, 3.05) is 14.2 Å². The van der Waals surface area contributed by atoms with E-state index in [4.69, 9.17) is 9.47 Å². The van der Waals surface area contributed by atoms with Crippen LogP contribution in [0.4, 0.5) is 5.69 Å². The largest absolute Gasteiger partial charge is 0.493 e. The standard InChI is InChI=1S/C16H13NO6/c1-22-13-7-6-10(8-14(13)23-2)16(19)15-11(9-18)4-3-5-12(15)17(20)21/h3-9H,1-2H3. The number of nitro groups is 1. The molecule has 0 saturated carbocycles. The zero-order valence-electron chi connectivity index (χ0n) is 12.4. The fraction of sp³-hybridized carbons (Fsp3) is 0.125. The van der Waals surface area contributed by atoms with Crippen LogP contribution in [0.25, 0.3) is 0 Å². The SMILES string of the molecule is COc1ccc(C(=O)c2c(C=O)cccc2[N+](=O)[O-])cc1OC. The normalized spacial score (nSPS) is 10.0. The first-order valence-corrected chi connectivity index (χ1v) is 6.52. The number of methoxy groups -OCH3 is 2. The number of ether oxygens (including phenoxy) is 2. The third-order valence-electron chi connectivity index (χ3n) is 3.27. The monoisotopic (exact) mass is 315 g/mol. The number of ketones is 1. The first-order valence-electron chi connectivity index (χ1n) is 6.52. The third kappa shape index (κ3) is 3.03. The van der Waals surface area contributed by atoms with E-state index in [0.717, 1.165) is 0 Å². The minimum Gasteiger partial charge on any atom is -0.493 e. The molecular formula is C16H13NO6. The third-order valence-corrected chi connectivity index (χ3v) is 3.27. The van der Waals surface area contributed by atoms with Gasteiger partial charge >= 0.3 is 0 Å². The van der Waals surface area contributed by atoms with Gasteiger partial charge in [0.2, 0.25) is 5.78 Å². The molecular weight excluding hydrogens is 302 g/mol. The van der Waals surface area contributed by atoms with Crippen LogP contribution in [0.5, 0.6) is 11.5 Å². The van der Waals surface area contributed by atoms with Crippen LogP contribution in [0.15, 0.2) is 36.4 Å². The van der Waals surface area contributed by atoms with Crippen LogP contribution in [0.1, 0.15) is 26.3 Å². The quantitative estimate of drug-likeness (QED) is 0.352. The van der Waals surface area contributed by atoms with E-state index in [1.54, 1.807) is 0 Å². The minimum absolute atomic E-state index is 0.0426. The first kappa shape index (κ1) is 16.2. The van der Waals surface area contributed by atoms with E-state index < -0.39 is 16.4 Å². The van der Waals surface area contributed by atoms with E-state index in [2.05, 4.69) is 0 Å². The summed E-state index contributed by atoms with van der Waals surface area (Å²) in [6.45, 7) is 0. The molecule has 0 aromatic heterocycles. The molecule has 7 nitrogen and oxygen atoms in total. The Morgan fingerprint density at radius 2 is 1.83 bits per heavy atom. The predicted molar refractivity (Wildman–Crippen MR) is 81.5 cm³/mol. The lowest BCUT2D eigenvalue weighted by atomic mass is 9.97. The Hall–Kier alpha value is -3.22. The van der Waals surface area contributed by atoms with Crippen molar-refractivity contribution in [3.63, 3.8) is 0 Å². The van der Waals surface area contributed by atoms with Gasteiger partial charge in [0.15, 0.2) is 17.8 Å². The van der Waals surface area contributed by atoms with Crippen molar-refractivity contribution in [3.8, 4) is 11.5 Å². The summed E-state index contributed by atoms with van der Waals surface area (Å²) in [6, 6.07) is 8.27. The Morgan fingerprint density at radius 1 is 1.13 bits per heavy atom. The molecule has 0 saturated heterocycles. The van der Waals surface area contributed by atoms with E-state index in [0.29, 0.717) is 17.8 Å². The second-order valence-electron chi connectivity index (χ2n) is 4.52. The molecule has 0 unspecified atom stereocenters. The van der Waals surface area contributed by atoms with Crippen molar-refractivity contribution in [2.24, 2.45) is 0 Å². The van der Waals surface area contributed by atoms with E-state index in [1.165, 1.54) is 50.6 Å². The zero-order valence-corrected chi connectivity index (χ0v) is 12.4. The average molecular weight is 315 g/mol. The Kier molecular flexibility index (Phi) is 4.70. The van der Waals surface area contributed by atoms with Gasteiger partial charge in [0, 0.05) is 17.2 Å². The number of benzene rings is 2. The maximum atomic E-state index is 12.7. The van der Waals surface area contributed by atoms with Gasteiger partial charge in [-0.25, -0.2) is 0 Å². The van der Waals surface area contributed by atoms with E-state index >= 15 is 0 Å². The number of carbonyl (C=O) groups is 2. The molecule has 7 heteroatoms. The number of nitro benzene ring substituents is 1. The second-order valence-corrected chi connectivity index (χ2v) is 4.52. The number of rotatable bonds is 6. The zero-order chi connectivity index (χ0) is 17.0. The van der Waals surface area contributed by atoms with Gasteiger partial charge in [-0.1, -0.05) is 12.1 Å². The molecule has 2 rings (SSSR count). The lowest BCUT2D eigenvalue weighted by Crippen LogP contribution is -2.09. The van der Waals surface area contributed by atoms with Crippen molar-refractivity contribution in [2.45, 2.75) is 0 Å². The maximum Gasteiger partial charge on any atom is 0.281 e. The summed E-state index contributed by atoms with van der Waals surface area (Å²) in [5, 5.41) is 11.1. The van der Waals surface area contributed by atoms with Crippen LogP contribution in [0.3, 0.4) is 0 Å². The molecule has 2 aromatic rings. The first-order chi connectivity index (χ1) is 11.0. The molecule has 23 heavy (non-hydrogen) atoms. The van der Waals surface area contributed by atoms with E-state index in [1.807, 2.05) is 0 Å². The van der Waals surface area contributed by atoms with Gasteiger partial charge in [0.1, 0.15) is 5.56 Å². The van der Waals surface area contributed by atoms with Crippen LogP contribution in [0, 0.1) is 10.1 Å². The fourth-order valence-electron chi connectivity index (χ4n) is 2.18. The molecule has 0 heterocycles. The molecule has 0 amide bonds. The summed E-state index contributed by atoms with van der Waals surface area (Å²) in [5.41, 5.74) is -0.562. The molecule has 0 radical (unpaired) electrons. The summed E-state index contributed by atoms with van der Waals surface area (Å²) in [4.78, 5) is 34.2. The number of hydrogen-bond acceptors (Lipinski definition) is 6. The van der Waals surface area contributed by atoms with Crippen molar-refractivity contribution in [1.29, 1.82) is 0 Å². The van der Waals surface area contributed by atoms with Gasteiger partial charge in [0.05, 0.1) is 19.1 Å². The molecule has 0 N–H and O–H groups in total. The highest BCUT2D eigenvalue weighted by Crippen LogP contribution is 2.30. The average Bonchev–Trinajstić information content (AvgIpc) is 2.59. The van der Waals surface area contributed by atoms with Crippen LogP contribution >= 0.6 is 0 Å². The Labute approximate surface area is 131 Å². The van der Waals surface area contributed by atoms with Gasteiger partial charge in [-0.05, 0) is 18.2 Å². The van der Waals surface area contributed by atoms with Gasteiger partial charge in [-0.2, -0.15) is 0 Å². The van der Waals surface area contributed by atoms with Crippen molar-refractivity contribution in [3.05, 3.63) is 63.2 Å². The summed E-state index contributed by atoms with van der Waals surface area (Å²) in [5.74, 6) is 0.0900. The Morgan fingerprint density at radius 3 is 2.39 bits per heavy atom. The summed E-state index contributed by atoms with van der Waals surface area (Å²) in [7, 11) is 2.86. The molecule has 0 aliphatic carbocycles. The fourth-order valence-corrected chi connectivity index (χ4v) is 2.18. The summed E-state index contributed by atoms with van der Waals surface area (Å²) >= 11 is 0. The Bertz CT molecular complexity index is 784. The molecule has 0 aliphatic rings. The molecule has 0 aliphatic heterocycles. The van der Waals surface area contributed by atoms with Crippen LogP contribution in [-0.2, 0) is 0 Å². The highest BCUT2D eigenvalue weighted by molar-refractivity contribution is 6.15. The number of hydrogen-bond donors (Lipinski definition) is 0. The van der Waals surface area contributed by atoms with Crippen molar-refractivity contribution < 1.29 is 24.0 Å². The molecule has 2 aromatic carbocycles. The van der Waals surface area contributed by atoms with Gasteiger partial charge in [-0.3, -0.25) is 19.7 Å². The van der Waals surface area contributed by atoms with Crippen LogP contribution in [-0.4, -0.2) is 31.2 Å². The lowest BCUT2D eigenvalue weighted by Gasteiger charge is -2.10. The number of aldehydes is 1. The van der Waals surface area contributed by atoms with Gasteiger partial charge < -0.3 is 9.47 Å². The van der Waals surface area contributed by atoms with Crippen LogP contribution in [0.2, 0.25) is 0 Å². The minimum atomic E-state index is -0.693. The maximum absolute atomic E-state index is 12.7. The van der Waals surface area contributed by atoms with Gasteiger partial charge in [-0.15, -0.1) is 0 Å². The van der Waals surface area contributed by atoms with Crippen molar-refractivity contribution in [1.82, 2.24) is 0 Å². The molecule has 0 spiro atoms. The summed E-state index contributed by atoms with van der Waals surface area (Å²) < 4.78 is 10.2. The smallest absolute Gasteiger partial charge is 0.281 e.